The van der Waals surface area contributed by atoms with Crippen molar-refractivity contribution in [2.24, 2.45) is 0 Å². The van der Waals surface area contributed by atoms with Crippen LogP contribution >= 0.6 is 11.6 Å². The largest absolute Gasteiger partial charge is 0.479 e. The predicted molar refractivity (Wildman–Crippen MR) is 133 cm³/mol. The van der Waals surface area contributed by atoms with Crippen molar-refractivity contribution in [1.29, 1.82) is 0 Å². The summed E-state index contributed by atoms with van der Waals surface area (Å²) >= 11 is 6.18. The fraction of sp³-hybridized carbons (Fsp3) is 0.346. The molecule has 4 aromatic rings. The van der Waals surface area contributed by atoms with Gasteiger partial charge in [0.05, 0.1) is 18.3 Å². The van der Waals surface area contributed by atoms with Crippen molar-refractivity contribution >= 4 is 28.6 Å². The maximum atomic E-state index is 12.5. The van der Waals surface area contributed by atoms with Gasteiger partial charge in [-0.3, -0.25) is 5.10 Å². The molecule has 0 radical (unpaired) electrons. The van der Waals surface area contributed by atoms with Crippen LogP contribution in [0.5, 0.6) is 0 Å². The van der Waals surface area contributed by atoms with E-state index < -0.39 is 17.7 Å². The van der Waals surface area contributed by atoms with E-state index in [0.29, 0.717) is 22.8 Å². The third-order valence-corrected chi connectivity index (χ3v) is 6.22. The van der Waals surface area contributed by atoms with Crippen LogP contribution in [0.15, 0.2) is 36.7 Å². The number of carbonyl (C=O) groups is 1. The first kappa shape index (κ1) is 24.0. The second kappa shape index (κ2) is 8.89. The van der Waals surface area contributed by atoms with E-state index in [4.69, 9.17) is 21.3 Å². The van der Waals surface area contributed by atoms with Crippen LogP contribution in [0.25, 0.3) is 22.2 Å². The molecule has 4 rings (SSSR count). The van der Waals surface area contributed by atoms with Gasteiger partial charge in [-0.25, -0.2) is 9.78 Å². The third-order valence-electron chi connectivity index (χ3n) is 5.97. The second-order valence-electron chi connectivity index (χ2n) is 9.54. The molecule has 1 atom stereocenters. The van der Waals surface area contributed by atoms with Crippen LogP contribution in [0, 0.1) is 20.8 Å². The average Bonchev–Trinajstić information content (AvgIpc) is 3.34. The number of nitrogens with zero attached hydrogens (tertiary/aromatic N) is 3. The topological polar surface area (TPSA) is 93.0 Å². The Balaban J connectivity index is 2.09. The maximum absolute atomic E-state index is 12.5. The number of carboxylic acids is 1. The van der Waals surface area contributed by atoms with Crippen molar-refractivity contribution in [3.63, 3.8) is 0 Å². The molecule has 0 aliphatic rings. The smallest absolute Gasteiger partial charge is 0.337 e. The Labute approximate surface area is 203 Å². The Kier molecular flexibility index (Phi) is 6.27. The molecule has 34 heavy (non-hydrogen) atoms. The number of hydrogen-bond acceptors (Lipinski definition) is 4. The summed E-state index contributed by atoms with van der Waals surface area (Å²) in [5.74, 6) is -1.05. The van der Waals surface area contributed by atoms with Crippen molar-refractivity contribution in [2.45, 2.75) is 59.8 Å². The minimum Gasteiger partial charge on any atom is -0.479 e. The minimum absolute atomic E-state index is 0.556. The molecule has 0 saturated carbocycles. The highest BCUT2D eigenvalue weighted by Crippen LogP contribution is 2.42. The standard InChI is InChI=1S/C26H29ClN4O3/c1-14-16(3)31(13-17-11-28-29-12-17)24-20(14)22(18-7-9-19(27)10-8-18)21(15(2)30-24)23(25(32)33)34-26(4,5)6/h7-12,23H,13H2,1-6H3,(H,28,29)(H,32,33)/t23-/m0/s1. The zero-order valence-corrected chi connectivity index (χ0v) is 21.0. The van der Waals surface area contributed by atoms with E-state index >= 15 is 0 Å². The summed E-state index contributed by atoms with van der Waals surface area (Å²) in [6, 6.07) is 7.46. The maximum Gasteiger partial charge on any atom is 0.337 e. The molecule has 1 aromatic carbocycles. The van der Waals surface area contributed by atoms with Gasteiger partial charge in [0.15, 0.2) is 6.10 Å². The van der Waals surface area contributed by atoms with Crippen LogP contribution < -0.4 is 0 Å². The van der Waals surface area contributed by atoms with Crippen molar-refractivity contribution < 1.29 is 14.6 Å². The van der Waals surface area contributed by atoms with Crippen molar-refractivity contribution in [2.75, 3.05) is 0 Å². The number of halogens is 1. The highest BCUT2D eigenvalue weighted by Gasteiger charge is 2.33. The molecule has 0 amide bonds. The normalized spacial score (nSPS) is 12.9. The lowest BCUT2D eigenvalue weighted by molar-refractivity contribution is -0.160. The molecular weight excluding hydrogens is 452 g/mol. The third kappa shape index (κ3) is 4.45. The molecule has 0 aliphatic heterocycles. The second-order valence-corrected chi connectivity index (χ2v) is 9.98. The summed E-state index contributed by atoms with van der Waals surface area (Å²) < 4.78 is 8.22. The lowest BCUT2D eigenvalue weighted by Crippen LogP contribution is -2.28. The highest BCUT2D eigenvalue weighted by molar-refractivity contribution is 6.30. The molecule has 2 N–H and O–H groups in total. The summed E-state index contributed by atoms with van der Waals surface area (Å²) in [6.07, 6.45) is 2.47. The van der Waals surface area contributed by atoms with E-state index in [-0.39, 0.29) is 0 Å². The summed E-state index contributed by atoms with van der Waals surface area (Å²) in [5, 5.41) is 18.7. The summed E-state index contributed by atoms with van der Waals surface area (Å²) in [5.41, 5.74) is 6.08. The van der Waals surface area contributed by atoms with E-state index in [1.807, 2.05) is 65.1 Å². The SMILES string of the molecule is Cc1nc2c(c(C)c(C)n2Cc2cn[nH]c2)c(-c2ccc(Cl)cc2)c1[C@H](OC(C)(C)C)C(=O)O. The van der Waals surface area contributed by atoms with Gasteiger partial charge in [0, 0.05) is 44.7 Å². The fourth-order valence-corrected chi connectivity index (χ4v) is 4.48. The lowest BCUT2D eigenvalue weighted by Gasteiger charge is -2.28. The van der Waals surface area contributed by atoms with E-state index in [0.717, 1.165) is 39.0 Å². The molecule has 0 saturated heterocycles. The average molecular weight is 481 g/mol. The Morgan fingerprint density at radius 2 is 1.88 bits per heavy atom. The van der Waals surface area contributed by atoms with Crippen LogP contribution in [0.1, 0.15) is 55.0 Å². The van der Waals surface area contributed by atoms with E-state index in [9.17, 15) is 9.90 Å². The molecule has 0 fully saturated rings. The fourth-order valence-electron chi connectivity index (χ4n) is 4.36. The van der Waals surface area contributed by atoms with E-state index in [1.54, 1.807) is 6.20 Å². The number of carboxylic acid groups (broad SMARTS) is 1. The minimum atomic E-state index is -1.18. The molecule has 0 bridgehead atoms. The van der Waals surface area contributed by atoms with Crippen LogP contribution in [-0.2, 0) is 16.1 Å². The van der Waals surface area contributed by atoms with Crippen LogP contribution in [0.4, 0.5) is 0 Å². The van der Waals surface area contributed by atoms with Gasteiger partial charge in [-0.15, -0.1) is 0 Å². The van der Waals surface area contributed by atoms with Crippen LogP contribution in [0.2, 0.25) is 5.02 Å². The monoisotopic (exact) mass is 480 g/mol. The van der Waals surface area contributed by atoms with E-state index in [2.05, 4.69) is 21.7 Å². The molecule has 7 nitrogen and oxygen atoms in total. The molecule has 3 aromatic heterocycles. The number of rotatable bonds is 6. The lowest BCUT2D eigenvalue weighted by atomic mass is 9.91. The number of benzene rings is 1. The Hall–Kier alpha value is -3.16. The number of aryl methyl sites for hydroxylation is 2. The molecule has 178 valence electrons. The highest BCUT2D eigenvalue weighted by atomic mass is 35.5. The molecule has 3 heterocycles. The zero-order valence-electron chi connectivity index (χ0n) is 20.2. The zero-order chi connectivity index (χ0) is 24.8. The Morgan fingerprint density at radius 1 is 1.21 bits per heavy atom. The van der Waals surface area contributed by atoms with E-state index in [1.165, 1.54) is 0 Å². The number of aromatic amines is 1. The van der Waals surface area contributed by atoms with Crippen molar-refractivity contribution in [1.82, 2.24) is 19.7 Å². The molecule has 0 unspecified atom stereocenters. The first-order valence-electron chi connectivity index (χ1n) is 11.1. The van der Waals surface area contributed by atoms with Gasteiger partial charge in [-0.1, -0.05) is 23.7 Å². The van der Waals surface area contributed by atoms with Crippen LogP contribution in [-0.4, -0.2) is 36.4 Å². The number of ether oxygens (including phenoxy) is 1. The molecular formula is C26H29ClN4O3. The number of aromatic nitrogens is 4. The molecule has 8 heteroatoms. The molecule has 0 spiro atoms. The Bertz CT molecular complexity index is 1350. The first-order chi connectivity index (χ1) is 16.0. The van der Waals surface area contributed by atoms with Crippen LogP contribution in [0.3, 0.4) is 0 Å². The number of fused-ring (bicyclic) bond motifs is 1. The van der Waals surface area contributed by atoms with Gasteiger partial charge in [0.25, 0.3) is 0 Å². The van der Waals surface area contributed by atoms with Gasteiger partial charge in [0.1, 0.15) is 5.65 Å². The van der Waals surface area contributed by atoms with Crippen molar-refractivity contribution in [3.8, 4) is 11.1 Å². The number of pyridine rings is 1. The molecule has 0 aliphatic carbocycles. The number of hydrogen-bond donors (Lipinski definition) is 2. The predicted octanol–water partition coefficient (Wildman–Crippen LogP) is 5.99. The number of nitrogens with one attached hydrogen (secondary N) is 1. The Morgan fingerprint density at radius 3 is 2.44 bits per heavy atom. The van der Waals surface area contributed by atoms with Gasteiger partial charge < -0.3 is 14.4 Å². The summed E-state index contributed by atoms with van der Waals surface area (Å²) in [4.78, 5) is 17.4. The van der Waals surface area contributed by atoms with Gasteiger partial charge in [0.2, 0.25) is 0 Å². The van der Waals surface area contributed by atoms with Gasteiger partial charge >= 0.3 is 5.97 Å². The summed E-state index contributed by atoms with van der Waals surface area (Å²) in [7, 11) is 0. The van der Waals surface area contributed by atoms with Gasteiger partial charge in [-0.05, 0) is 64.8 Å². The number of H-pyrrole nitrogens is 1. The van der Waals surface area contributed by atoms with Gasteiger partial charge in [-0.2, -0.15) is 5.10 Å². The number of aliphatic carboxylic acids is 1. The first-order valence-corrected chi connectivity index (χ1v) is 11.5. The quantitative estimate of drug-likeness (QED) is 0.353. The summed E-state index contributed by atoms with van der Waals surface area (Å²) in [6.45, 7) is 12.1. The van der Waals surface area contributed by atoms with Crippen molar-refractivity contribution in [3.05, 3.63) is 69.8 Å².